The molecule has 5 heteroatoms. The topological polar surface area (TPSA) is 39.1 Å². The second-order valence-corrected chi connectivity index (χ2v) is 6.40. The minimum absolute atomic E-state index is 0.503. The van der Waals surface area contributed by atoms with E-state index in [0.29, 0.717) is 12.0 Å². The summed E-state index contributed by atoms with van der Waals surface area (Å²) in [6.45, 7) is 7.18. The van der Waals surface area contributed by atoms with Crippen LogP contribution in [0.4, 0.5) is 0 Å². The molecular weight excluding hydrogens is 318 g/mol. The summed E-state index contributed by atoms with van der Waals surface area (Å²) >= 11 is 3.72. The fraction of sp³-hybridized carbons (Fsp3) is 0.800. The summed E-state index contributed by atoms with van der Waals surface area (Å²) in [4.78, 5) is 0. The summed E-state index contributed by atoms with van der Waals surface area (Å²) in [5.74, 6) is 0.705. The molecule has 20 heavy (non-hydrogen) atoms. The van der Waals surface area contributed by atoms with E-state index in [9.17, 15) is 0 Å². The molecule has 0 saturated carbocycles. The standard InChI is InChI=1S/C15H26BrN3O/c1-4-13-15(16)14(19(3)18-13)9-12(17-5-2)8-11-6-7-20-10-11/h11-12,17H,4-10H2,1-3H3. The highest BCUT2D eigenvalue weighted by Crippen LogP contribution is 2.25. The molecule has 0 amide bonds. The van der Waals surface area contributed by atoms with Gasteiger partial charge in [-0.3, -0.25) is 4.68 Å². The van der Waals surface area contributed by atoms with E-state index < -0.39 is 0 Å². The Hall–Kier alpha value is -0.390. The molecule has 2 unspecified atom stereocenters. The molecule has 1 saturated heterocycles. The molecular formula is C15H26BrN3O. The second kappa shape index (κ2) is 7.57. The Morgan fingerprint density at radius 1 is 1.50 bits per heavy atom. The van der Waals surface area contributed by atoms with Crippen LogP contribution in [0, 0.1) is 5.92 Å². The lowest BCUT2D eigenvalue weighted by Gasteiger charge is -2.21. The molecule has 2 rings (SSSR count). The van der Waals surface area contributed by atoms with Crippen LogP contribution in [0.3, 0.4) is 0 Å². The van der Waals surface area contributed by atoms with Gasteiger partial charge in [0.25, 0.3) is 0 Å². The molecule has 1 aromatic rings. The van der Waals surface area contributed by atoms with Crippen molar-refractivity contribution in [2.24, 2.45) is 13.0 Å². The van der Waals surface area contributed by atoms with Gasteiger partial charge in [-0.25, -0.2) is 0 Å². The Morgan fingerprint density at radius 3 is 2.85 bits per heavy atom. The van der Waals surface area contributed by atoms with Crippen molar-refractivity contribution >= 4 is 15.9 Å². The number of likely N-dealkylation sites (N-methyl/N-ethyl adjacent to an activating group) is 1. The third-order valence-corrected chi connectivity index (χ3v) is 4.99. The molecule has 1 aliphatic rings. The van der Waals surface area contributed by atoms with Gasteiger partial charge in [0.05, 0.1) is 15.9 Å². The Labute approximate surface area is 130 Å². The fourth-order valence-corrected chi connectivity index (χ4v) is 3.75. The summed E-state index contributed by atoms with van der Waals surface area (Å²) in [6, 6.07) is 0.503. The number of aryl methyl sites for hydroxylation is 2. The zero-order chi connectivity index (χ0) is 14.5. The molecule has 4 nitrogen and oxygen atoms in total. The van der Waals surface area contributed by atoms with E-state index >= 15 is 0 Å². The predicted octanol–water partition coefficient (Wildman–Crippen LogP) is 2.69. The molecule has 0 aliphatic carbocycles. The highest BCUT2D eigenvalue weighted by Gasteiger charge is 2.23. The molecule has 0 aromatic carbocycles. The molecule has 2 atom stereocenters. The highest BCUT2D eigenvalue weighted by molar-refractivity contribution is 9.10. The van der Waals surface area contributed by atoms with Crippen LogP contribution in [0.25, 0.3) is 0 Å². The van der Waals surface area contributed by atoms with Gasteiger partial charge in [0.1, 0.15) is 0 Å². The Bertz CT molecular complexity index is 427. The van der Waals surface area contributed by atoms with E-state index in [0.717, 1.165) is 38.3 Å². The number of nitrogens with one attached hydrogen (secondary N) is 1. The van der Waals surface area contributed by atoms with Crippen molar-refractivity contribution in [1.82, 2.24) is 15.1 Å². The van der Waals surface area contributed by atoms with Gasteiger partial charge in [0, 0.05) is 32.7 Å². The maximum atomic E-state index is 5.50. The van der Waals surface area contributed by atoms with Gasteiger partial charge in [0.2, 0.25) is 0 Å². The molecule has 1 fully saturated rings. The minimum Gasteiger partial charge on any atom is -0.381 e. The molecule has 0 radical (unpaired) electrons. The average molecular weight is 344 g/mol. The van der Waals surface area contributed by atoms with Gasteiger partial charge in [-0.2, -0.15) is 5.10 Å². The number of aromatic nitrogens is 2. The van der Waals surface area contributed by atoms with E-state index in [1.165, 1.54) is 23.0 Å². The lowest BCUT2D eigenvalue weighted by atomic mass is 9.96. The Balaban J connectivity index is 2.04. The van der Waals surface area contributed by atoms with Crippen molar-refractivity contribution in [2.75, 3.05) is 19.8 Å². The fourth-order valence-electron chi connectivity index (χ4n) is 2.97. The normalized spacial score (nSPS) is 20.5. The molecule has 2 heterocycles. The Morgan fingerprint density at radius 2 is 2.30 bits per heavy atom. The number of hydrogen-bond donors (Lipinski definition) is 1. The third-order valence-electron chi connectivity index (χ3n) is 4.08. The van der Waals surface area contributed by atoms with Crippen LogP contribution >= 0.6 is 15.9 Å². The first-order valence-corrected chi connectivity index (χ1v) is 8.46. The van der Waals surface area contributed by atoms with Crippen LogP contribution in [-0.4, -0.2) is 35.6 Å². The van der Waals surface area contributed by atoms with E-state index in [2.05, 4.69) is 40.2 Å². The van der Waals surface area contributed by atoms with Crippen LogP contribution in [0.15, 0.2) is 4.47 Å². The monoisotopic (exact) mass is 343 g/mol. The van der Waals surface area contributed by atoms with Crippen molar-refractivity contribution in [3.05, 3.63) is 15.9 Å². The summed E-state index contributed by atoms with van der Waals surface area (Å²) in [7, 11) is 2.04. The first kappa shape index (κ1) is 16.0. The maximum absolute atomic E-state index is 5.50. The number of nitrogens with zero attached hydrogens (tertiary/aromatic N) is 2. The smallest absolute Gasteiger partial charge is 0.0766 e. The SMILES string of the molecule is CCNC(Cc1c(Br)c(CC)nn1C)CC1CCOC1. The molecule has 0 spiro atoms. The predicted molar refractivity (Wildman–Crippen MR) is 85.0 cm³/mol. The highest BCUT2D eigenvalue weighted by atomic mass is 79.9. The lowest BCUT2D eigenvalue weighted by molar-refractivity contribution is 0.181. The minimum atomic E-state index is 0.503. The first-order chi connectivity index (χ1) is 9.65. The number of halogens is 1. The lowest BCUT2D eigenvalue weighted by Crippen LogP contribution is -2.34. The van der Waals surface area contributed by atoms with Crippen molar-refractivity contribution in [3.63, 3.8) is 0 Å². The summed E-state index contributed by atoms with van der Waals surface area (Å²) in [6.07, 6.45) is 4.38. The van der Waals surface area contributed by atoms with Crippen LogP contribution in [-0.2, 0) is 24.6 Å². The van der Waals surface area contributed by atoms with Crippen molar-refractivity contribution in [3.8, 4) is 0 Å². The quantitative estimate of drug-likeness (QED) is 0.827. The van der Waals surface area contributed by atoms with Crippen LogP contribution in [0.5, 0.6) is 0 Å². The van der Waals surface area contributed by atoms with Crippen molar-refractivity contribution in [1.29, 1.82) is 0 Å². The van der Waals surface area contributed by atoms with Gasteiger partial charge in [0.15, 0.2) is 0 Å². The van der Waals surface area contributed by atoms with Gasteiger partial charge in [-0.1, -0.05) is 13.8 Å². The van der Waals surface area contributed by atoms with E-state index in [1.54, 1.807) is 0 Å². The van der Waals surface area contributed by atoms with Gasteiger partial charge < -0.3 is 10.1 Å². The maximum Gasteiger partial charge on any atom is 0.0766 e. The van der Waals surface area contributed by atoms with Crippen molar-refractivity contribution < 1.29 is 4.74 Å². The summed E-state index contributed by atoms with van der Waals surface area (Å²) in [5, 5.41) is 8.21. The molecule has 1 aliphatic heterocycles. The van der Waals surface area contributed by atoms with Crippen molar-refractivity contribution in [2.45, 2.75) is 45.6 Å². The van der Waals surface area contributed by atoms with E-state index in [4.69, 9.17) is 4.74 Å². The molecule has 1 N–H and O–H groups in total. The Kier molecular flexibility index (Phi) is 6.05. The van der Waals surface area contributed by atoms with Crippen LogP contribution < -0.4 is 5.32 Å². The summed E-state index contributed by atoms with van der Waals surface area (Å²) < 4.78 is 8.71. The van der Waals surface area contributed by atoms with Crippen LogP contribution in [0.2, 0.25) is 0 Å². The molecule has 1 aromatic heterocycles. The number of hydrogen-bond acceptors (Lipinski definition) is 3. The molecule has 0 bridgehead atoms. The van der Waals surface area contributed by atoms with E-state index in [1.807, 2.05) is 11.7 Å². The largest absolute Gasteiger partial charge is 0.381 e. The number of rotatable bonds is 7. The van der Waals surface area contributed by atoms with Crippen LogP contribution in [0.1, 0.15) is 38.1 Å². The second-order valence-electron chi connectivity index (χ2n) is 5.61. The third kappa shape index (κ3) is 3.83. The van der Waals surface area contributed by atoms with E-state index in [-0.39, 0.29) is 0 Å². The number of ether oxygens (including phenoxy) is 1. The average Bonchev–Trinajstić information content (AvgIpc) is 3.02. The zero-order valence-electron chi connectivity index (χ0n) is 12.8. The first-order valence-electron chi connectivity index (χ1n) is 7.67. The summed E-state index contributed by atoms with van der Waals surface area (Å²) in [5.41, 5.74) is 2.45. The molecule has 114 valence electrons. The van der Waals surface area contributed by atoms with Gasteiger partial charge in [-0.05, 0) is 47.7 Å². The van der Waals surface area contributed by atoms with Gasteiger partial charge in [-0.15, -0.1) is 0 Å². The van der Waals surface area contributed by atoms with Gasteiger partial charge >= 0.3 is 0 Å². The zero-order valence-corrected chi connectivity index (χ0v) is 14.4.